The van der Waals surface area contributed by atoms with Gasteiger partial charge < -0.3 is 4.98 Å². The van der Waals surface area contributed by atoms with Crippen LogP contribution in [0.15, 0.2) is 102 Å². The molecule has 0 saturated carbocycles. The standard InChI is InChI=1S/C28H26N2O/c1-3-10-21(11-4-2)26-18-24(27(31)19-29-26)28-23(17-16-20-12-6-5-7-13-20)22-14-8-9-15-25(22)30-28/h3-15,18,30H,1,16-17,19H2,2H3/b11-4-,21-10+. The van der Waals surface area contributed by atoms with E-state index in [1.807, 2.05) is 49.4 Å². The fourth-order valence-corrected chi connectivity index (χ4v) is 4.03. The van der Waals surface area contributed by atoms with E-state index in [1.165, 1.54) is 16.5 Å². The molecule has 1 N–H and O–H groups in total. The van der Waals surface area contributed by atoms with Crippen LogP contribution in [-0.4, -0.2) is 23.0 Å². The summed E-state index contributed by atoms with van der Waals surface area (Å²) in [6.07, 6.45) is 11.3. The molecule has 1 aliphatic heterocycles. The smallest absolute Gasteiger partial charge is 0.186 e. The molecule has 0 atom stereocenters. The Hall–Kier alpha value is -3.72. The Bertz CT molecular complexity index is 1240. The minimum Gasteiger partial charge on any atom is -0.354 e. The van der Waals surface area contributed by atoms with Crippen LogP contribution in [0.3, 0.4) is 0 Å². The van der Waals surface area contributed by atoms with E-state index < -0.39 is 0 Å². The summed E-state index contributed by atoms with van der Waals surface area (Å²) >= 11 is 0. The number of aryl methyl sites for hydroxylation is 2. The SMILES string of the molecule is C=C/C=C(\C=C/C)C1=NCC(=O)C(c2[nH]c3ccccc3c2CCc2ccccc2)=C1. The van der Waals surface area contributed by atoms with Crippen molar-refractivity contribution >= 4 is 28.0 Å². The number of aliphatic imine (C=N–C) groups is 1. The number of carbonyl (C=O) groups excluding carboxylic acids is 1. The molecule has 3 aromatic rings. The van der Waals surface area contributed by atoms with Crippen molar-refractivity contribution in [2.75, 3.05) is 6.54 Å². The number of ketones is 1. The fourth-order valence-electron chi connectivity index (χ4n) is 4.03. The monoisotopic (exact) mass is 406 g/mol. The predicted molar refractivity (Wildman–Crippen MR) is 131 cm³/mol. The van der Waals surface area contributed by atoms with E-state index in [-0.39, 0.29) is 12.3 Å². The summed E-state index contributed by atoms with van der Waals surface area (Å²) in [5.41, 5.74) is 6.88. The number of H-pyrrole nitrogens is 1. The van der Waals surface area contributed by atoms with Crippen molar-refractivity contribution in [2.45, 2.75) is 19.8 Å². The summed E-state index contributed by atoms with van der Waals surface area (Å²) in [5, 5.41) is 1.17. The maximum absolute atomic E-state index is 12.9. The molecule has 0 amide bonds. The number of fused-ring (bicyclic) bond motifs is 1. The maximum Gasteiger partial charge on any atom is 0.186 e. The molecule has 4 rings (SSSR count). The van der Waals surface area contributed by atoms with Gasteiger partial charge in [-0.05, 0) is 48.6 Å². The van der Waals surface area contributed by atoms with Crippen LogP contribution in [0.25, 0.3) is 16.5 Å². The van der Waals surface area contributed by atoms with Crippen LogP contribution in [0.1, 0.15) is 23.7 Å². The van der Waals surface area contributed by atoms with E-state index in [1.54, 1.807) is 6.08 Å². The number of aromatic nitrogens is 1. The average molecular weight is 407 g/mol. The summed E-state index contributed by atoms with van der Waals surface area (Å²) in [4.78, 5) is 21.0. The zero-order valence-corrected chi connectivity index (χ0v) is 17.8. The zero-order chi connectivity index (χ0) is 21.6. The average Bonchev–Trinajstić information content (AvgIpc) is 3.17. The van der Waals surface area contributed by atoms with Crippen LogP contribution in [0.4, 0.5) is 0 Å². The molecule has 0 aliphatic carbocycles. The van der Waals surface area contributed by atoms with Crippen LogP contribution in [0, 0.1) is 0 Å². The van der Waals surface area contributed by atoms with Crippen molar-refractivity contribution in [3.05, 3.63) is 114 Å². The highest BCUT2D eigenvalue weighted by molar-refractivity contribution is 6.31. The number of allylic oxidation sites excluding steroid dienone is 6. The largest absolute Gasteiger partial charge is 0.354 e. The Morgan fingerprint density at radius 2 is 1.87 bits per heavy atom. The van der Waals surface area contributed by atoms with E-state index in [9.17, 15) is 4.79 Å². The van der Waals surface area contributed by atoms with Gasteiger partial charge in [0.2, 0.25) is 0 Å². The Balaban J connectivity index is 1.79. The van der Waals surface area contributed by atoms with Crippen LogP contribution >= 0.6 is 0 Å². The lowest BCUT2D eigenvalue weighted by molar-refractivity contribution is -0.112. The number of dihydropyridines is 1. The van der Waals surface area contributed by atoms with Gasteiger partial charge in [0, 0.05) is 16.5 Å². The molecule has 0 bridgehead atoms. The van der Waals surface area contributed by atoms with Crippen molar-refractivity contribution in [2.24, 2.45) is 4.99 Å². The molecule has 0 saturated heterocycles. The Morgan fingerprint density at radius 3 is 2.65 bits per heavy atom. The molecule has 0 radical (unpaired) electrons. The van der Waals surface area contributed by atoms with Gasteiger partial charge in [0.1, 0.15) is 6.54 Å². The number of nitrogens with zero attached hydrogens (tertiary/aromatic N) is 1. The van der Waals surface area contributed by atoms with Crippen LogP contribution in [0.5, 0.6) is 0 Å². The molecular formula is C28H26N2O. The maximum atomic E-state index is 12.9. The van der Waals surface area contributed by atoms with Crippen LogP contribution in [-0.2, 0) is 17.6 Å². The molecule has 0 fully saturated rings. The second-order valence-electron chi connectivity index (χ2n) is 7.55. The van der Waals surface area contributed by atoms with Crippen LogP contribution in [0.2, 0.25) is 0 Å². The van der Waals surface area contributed by atoms with Gasteiger partial charge in [0.25, 0.3) is 0 Å². The van der Waals surface area contributed by atoms with Gasteiger partial charge in [-0.15, -0.1) is 0 Å². The van der Waals surface area contributed by atoms with E-state index in [4.69, 9.17) is 0 Å². The molecule has 1 aromatic heterocycles. The van der Waals surface area contributed by atoms with Crippen molar-refractivity contribution < 1.29 is 4.79 Å². The quantitative estimate of drug-likeness (QED) is 0.477. The second kappa shape index (κ2) is 9.40. The number of benzene rings is 2. The number of hydrogen-bond acceptors (Lipinski definition) is 2. The van der Waals surface area contributed by atoms with Gasteiger partial charge in [0.05, 0.1) is 11.4 Å². The minimum atomic E-state index is 0.0368. The van der Waals surface area contributed by atoms with E-state index >= 15 is 0 Å². The van der Waals surface area contributed by atoms with E-state index in [2.05, 4.69) is 53.0 Å². The first-order valence-corrected chi connectivity index (χ1v) is 10.6. The predicted octanol–water partition coefficient (Wildman–Crippen LogP) is 6.05. The minimum absolute atomic E-state index is 0.0368. The van der Waals surface area contributed by atoms with Crippen molar-refractivity contribution in [1.29, 1.82) is 0 Å². The third-order valence-corrected chi connectivity index (χ3v) is 5.50. The van der Waals surface area contributed by atoms with Gasteiger partial charge in [-0.3, -0.25) is 9.79 Å². The highest BCUT2D eigenvalue weighted by Crippen LogP contribution is 2.31. The number of hydrogen-bond donors (Lipinski definition) is 1. The number of aromatic amines is 1. The Morgan fingerprint density at radius 1 is 1.10 bits per heavy atom. The molecule has 1 aliphatic rings. The summed E-state index contributed by atoms with van der Waals surface area (Å²) in [6.45, 7) is 5.93. The lowest BCUT2D eigenvalue weighted by Gasteiger charge is -2.14. The normalized spacial score (nSPS) is 14.7. The van der Waals surface area contributed by atoms with Gasteiger partial charge in [-0.25, -0.2) is 0 Å². The van der Waals surface area contributed by atoms with E-state index in [0.29, 0.717) is 5.57 Å². The molecule has 3 heteroatoms. The van der Waals surface area contributed by atoms with Crippen LogP contribution < -0.4 is 0 Å². The molecule has 2 heterocycles. The van der Waals surface area contributed by atoms with Gasteiger partial charge in [0.15, 0.2) is 5.78 Å². The number of para-hydroxylation sites is 1. The Kier molecular flexibility index (Phi) is 6.23. The lowest BCUT2D eigenvalue weighted by atomic mass is 9.93. The number of nitrogens with one attached hydrogen (secondary N) is 1. The van der Waals surface area contributed by atoms with Gasteiger partial charge in [-0.2, -0.15) is 0 Å². The molecule has 31 heavy (non-hydrogen) atoms. The molecular weight excluding hydrogens is 380 g/mol. The van der Waals surface area contributed by atoms with E-state index in [0.717, 1.165) is 35.3 Å². The fraction of sp³-hybridized carbons (Fsp3) is 0.143. The third kappa shape index (κ3) is 4.41. The van der Waals surface area contributed by atoms with Crippen molar-refractivity contribution in [1.82, 2.24) is 4.98 Å². The lowest BCUT2D eigenvalue weighted by Crippen LogP contribution is -2.17. The molecule has 3 nitrogen and oxygen atoms in total. The van der Waals surface area contributed by atoms with Crippen molar-refractivity contribution in [3.63, 3.8) is 0 Å². The van der Waals surface area contributed by atoms with Gasteiger partial charge >= 0.3 is 0 Å². The second-order valence-corrected chi connectivity index (χ2v) is 7.55. The summed E-state index contributed by atoms with van der Waals surface area (Å²) in [6, 6.07) is 18.7. The molecule has 0 spiro atoms. The zero-order valence-electron chi connectivity index (χ0n) is 17.8. The topological polar surface area (TPSA) is 45.2 Å². The summed E-state index contributed by atoms with van der Waals surface area (Å²) in [7, 11) is 0. The first kappa shape index (κ1) is 20.5. The number of carbonyl (C=O) groups is 1. The number of Topliss-reactive ketones (excluding diaryl/α,β-unsaturated/α-hetero) is 1. The highest BCUT2D eigenvalue weighted by atomic mass is 16.1. The molecule has 0 unspecified atom stereocenters. The third-order valence-electron chi connectivity index (χ3n) is 5.50. The first-order valence-electron chi connectivity index (χ1n) is 10.6. The Labute approximate surface area is 183 Å². The van der Waals surface area contributed by atoms with Crippen molar-refractivity contribution in [3.8, 4) is 0 Å². The summed E-state index contributed by atoms with van der Waals surface area (Å²) < 4.78 is 0. The summed E-state index contributed by atoms with van der Waals surface area (Å²) in [5.74, 6) is 0.0368. The highest BCUT2D eigenvalue weighted by Gasteiger charge is 2.23. The molecule has 2 aromatic carbocycles. The first-order chi connectivity index (χ1) is 15.2. The van der Waals surface area contributed by atoms with Gasteiger partial charge in [-0.1, -0.05) is 79.4 Å². The number of rotatable bonds is 7. The molecule has 154 valence electrons.